The summed E-state index contributed by atoms with van der Waals surface area (Å²) in [5.41, 5.74) is 1.27. The number of methoxy groups -OCH3 is 2. The molecule has 13 heteroatoms. The van der Waals surface area contributed by atoms with E-state index in [-0.39, 0.29) is 62.0 Å². The lowest BCUT2D eigenvalue weighted by molar-refractivity contribution is -0.302. The lowest BCUT2D eigenvalue weighted by Gasteiger charge is -2.47. The van der Waals surface area contributed by atoms with Gasteiger partial charge in [0.15, 0.2) is 0 Å². The number of nitrogens with zero attached hydrogens (tertiary/aromatic N) is 2. The topological polar surface area (TPSA) is 141 Å². The number of alkyl halides is 1. The van der Waals surface area contributed by atoms with Crippen molar-refractivity contribution in [2.24, 2.45) is 29.6 Å². The minimum absolute atomic E-state index is 0.0167. The summed E-state index contributed by atoms with van der Waals surface area (Å²) >= 11 is 0. The Labute approximate surface area is 358 Å². The summed E-state index contributed by atoms with van der Waals surface area (Å²) < 4.78 is 46.7. The summed E-state index contributed by atoms with van der Waals surface area (Å²) in [6.45, 7) is 15.2. The number of likely N-dealkylation sites (N-methyl/N-ethyl adjacent to an activating group) is 1. The highest BCUT2D eigenvalue weighted by Gasteiger charge is 2.56. The summed E-state index contributed by atoms with van der Waals surface area (Å²) in [5.74, 6) is -7.56. The highest BCUT2D eigenvalue weighted by atomic mass is 19.1. The molecule has 14 atom stereocenters. The third-order valence-electron chi connectivity index (χ3n) is 13.8. The number of allylic oxidation sites excluding steroid dienone is 3. The van der Waals surface area contributed by atoms with Gasteiger partial charge in [-0.1, -0.05) is 45.9 Å². The molecule has 0 spiro atoms. The number of carbonyl (C=O) groups is 4. The fraction of sp³-hybridized carbons (Fsp3) is 0.787. The number of ketones is 2. The number of carbonyl (C=O) groups excluding carboxylic acids is 4. The summed E-state index contributed by atoms with van der Waals surface area (Å²) in [6.07, 6.45) is 6.43. The van der Waals surface area contributed by atoms with Crippen LogP contribution in [0.25, 0.3) is 0 Å². The van der Waals surface area contributed by atoms with Crippen LogP contribution < -0.4 is 0 Å². The predicted molar refractivity (Wildman–Crippen MR) is 228 cm³/mol. The van der Waals surface area contributed by atoms with Crippen molar-refractivity contribution in [1.82, 2.24) is 9.80 Å². The Morgan fingerprint density at radius 3 is 2.32 bits per heavy atom. The van der Waals surface area contributed by atoms with Gasteiger partial charge in [-0.2, -0.15) is 0 Å². The zero-order valence-electron chi connectivity index (χ0n) is 38.0. The fourth-order valence-corrected chi connectivity index (χ4v) is 10.0. The largest absolute Gasteiger partial charge is 0.456 e. The van der Waals surface area contributed by atoms with Gasteiger partial charge in [0.1, 0.15) is 30.2 Å². The van der Waals surface area contributed by atoms with Gasteiger partial charge in [0, 0.05) is 45.1 Å². The number of amides is 1. The molecule has 0 aromatic rings. The second-order valence-corrected chi connectivity index (χ2v) is 18.4. The molecule has 60 heavy (non-hydrogen) atoms. The average molecular weight is 847 g/mol. The number of piperidine rings is 1. The molecule has 4 aliphatic rings. The molecule has 1 aliphatic carbocycles. The maximum Gasteiger partial charge on any atom is 0.329 e. The molecular formula is C47H75FN2O10. The average Bonchev–Trinajstić information content (AvgIpc) is 3.23. The minimum atomic E-state index is -2.56. The normalized spacial score (nSPS) is 38.8. The van der Waals surface area contributed by atoms with E-state index < -0.39 is 77.8 Å². The Morgan fingerprint density at radius 2 is 1.68 bits per heavy atom. The molecule has 12 nitrogen and oxygen atoms in total. The Bertz CT molecular complexity index is 1550. The molecule has 14 unspecified atom stereocenters. The van der Waals surface area contributed by atoms with E-state index >= 15 is 4.39 Å². The van der Waals surface area contributed by atoms with Crippen LogP contribution in [-0.2, 0) is 42.9 Å². The van der Waals surface area contributed by atoms with Crippen LogP contribution in [0.3, 0.4) is 0 Å². The van der Waals surface area contributed by atoms with Crippen LogP contribution in [0.2, 0.25) is 0 Å². The van der Waals surface area contributed by atoms with Crippen LogP contribution in [-0.4, -0.2) is 134 Å². The van der Waals surface area contributed by atoms with Crippen molar-refractivity contribution >= 4 is 23.4 Å². The Kier molecular flexibility index (Phi) is 18.7. The highest BCUT2D eigenvalue weighted by molar-refractivity contribution is 6.39. The van der Waals surface area contributed by atoms with E-state index in [0.717, 1.165) is 24.8 Å². The molecule has 3 fully saturated rings. The zero-order chi connectivity index (χ0) is 44.5. The Hall–Kier alpha value is -2.81. The SMILES string of the molecule is C=CCOC1CC(C=C(C)C2OC(=O)C3CCCCN3C(=O)C(=O)C3(O)OC(C(OC)CC(C)C(F)C(C)=CC(CC)C(=O)CCC2C)C(OC)CC3C)CCC1N(C)C. The van der Waals surface area contributed by atoms with Gasteiger partial charge in [0.05, 0.1) is 24.9 Å². The first-order valence-corrected chi connectivity index (χ1v) is 22.4. The van der Waals surface area contributed by atoms with Crippen molar-refractivity contribution in [3.63, 3.8) is 0 Å². The van der Waals surface area contributed by atoms with Crippen molar-refractivity contribution in [2.45, 2.75) is 167 Å². The van der Waals surface area contributed by atoms with E-state index in [4.69, 9.17) is 23.7 Å². The minimum Gasteiger partial charge on any atom is -0.456 e. The van der Waals surface area contributed by atoms with Gasteiger partial charge in [-0.15, -0.1) is 6.58 Å². The molecule has 3 aliphatic heterocycles. The molecule has 0 aromatic heterocycles. The highest BCUT2D eigenvalue weighted by Crippen LogP contribution is 2.40. The molecule has 1 amide bonds. The summed E-state index contributed by atoms with van der Waals surface area (Å²) in [5, 5.41) is 12.1. The number of rotatable bonds is 9. The van der Waals surface area contributed by atoms with Gasteiger partial charge in [-0.25, -0.2) is 9.18 Å². The van der Waals surface area contributed by atoms with E-state index in [2.05, 4.69) is 31.7 Å². The lowest BCUT2D eigenvalue weighted by atomic mass is 9.81. The number of hydrogen-bond donors (Lipinski definition) is 1. The number of fused-ring (bicyclic) bond motifs is 3. The van der Waals surface area contributed by atoms with Crippen LogP contribution in [0.4, 0.5) is 4.39 Å². The smallest absolute Gasteiger partial charge is 0.329 e. The number of aliphatic hydroxyl groups is 1. The van der Waals surface area contributed by atoms with Crippen molar-refractivity contribution in [2.75, 3.05) is 41.5 Å². The molecule has 340 valence electrons. The van der Waals surface area contributed by atoms with E-state index in [1.54, 1.807) is 32.9 Å². The van der Waals surface area contributed by atoms with Crippen LogP contribution >= 0.6 is 0 Å². The van der Waals surface area contributed by atoms with Crippen molar-refractivity contribution in [3.05, 3.63) is 36.0 Å². The molecule has 4 rings (SSSR count). The van der Waals surface area contributed by atoms with Crippen molar-refractivity contribution < 1.29 is 52.4 Å². The van der Waals surface area contributed by atoms with Gasteiger partial charge in [-0.3, -0.25) is 14.4 Å². The number of halogens is 1. The van der Waals surface area contributed by atoms with Crippen molar-refractivity contribution in [1.29, 1.82) is 0 Å². The fourth-order valence-electron chi connectivity index (χ4n) is 10.0. The lowest BCUT2D eigenvalue weighted by Crippen LogP contribution is -2.64. The van der Waals surface area contributed by atoms with Crippen LogP contribution in [0.1, 0.15) is 112 Å². The molecule has 2 saturated heterocycles. The maximum absolute atomic E-state index is 16.3. The van der Waals surface area contributed by atoms with E-state index in [1.165, 1.54) is 19.1 Å². The zero-order valence-corrected chi connectivity index (χ0v) is 38.0. The molecule has 0 radical (unpaired) electrons. The van der Waals surface area contributed by atoms with Gasteiger partial charge in [0.2, 0.25) is 5.79 Å². The number of ether oxygens (including phenoxy) is 5. The Morgan fingerprint density at radius 1 is 1.00 bits per heavy atom. The quantitative estimate of drug-likeness (QED) is 0.153. The van der Waals surface area contributed by atoms with Gasteiger partial charge in [-0.05, 0) is 121 Å². The summed E-state index contributed by atoms with van der Waals surface area (Å²) in [6, 6.07) is -0.824. The monoisotopic (exact) mass is 847 g/mol. The van der Waals surface area contributed by atoms with Gasteiger partial charge < -0.3 is 38.6 Å². The predicted octanol–water partition coefficient (Wildman–Crippen LogP) is 6.58. The molecular weight excluding hydrogens is 772 g/mol. The third-order valence-corrected chi connectivity index (χ3v) is 13.8. The molecule has 2 bridgehead atoms. The number of hydrogen-bond acceptors (Lipinski definition) is 11. The maximum atomic E-state index is 16.3. The molecule has 3 heterocycles. The van der Waals surface area contributed by atoms with Crippen LogP contribution in [0.15, 0.2) is 36.0 Å². The first-order valence-electron chi connectivity index (χ1n) is 22.4. The standard InChI is InChI=1S/C47H75FN2O10/c1-12-22-58-38-27-33(18-19-35(38)49(8)9)23-31(6)42-28(3)17-20-37(51)34(13-2)24-29(4)41(48)30(5)25-39(56-10)43-40(57-11)26-32(7)47(55,60-43)44(52)45(53)50-21-15-14-16-36(50)46(54)59-42/h12,23-24,28,30,32-36,38-43,55H,1,13-22,25-27H2,2-11H3. The number of esters is 1. The first-order chi connectivity index (χ1) is 28.4. The van der Waals surface area contributed by atoms with Crippen molar-refractivity contribution in [3.8, 4) is 0 Å². The second-order valence-electron chi connectivity index (χ2n) is 18.4. The van der Waals surface area contributed by atoms with Crippen LogP contribution in [0, 0.1) is 29.6 Å². The summed E-state index contributed by atoms with van der Waals surface area (Å²) in [4.78, 5) is 60.2. The first kappa shape index (κ1) is 49.8. The Balaban J connectivity index is 1.75. The third kappa shape index (κ3) is 11.8. The number of cyclic esters (lactones) is 1. The van der Waals surface area contributed by atoms with E-state index in [0.29, 0.717) is 37.9 Å². The molecule has 1 N–H and O–H groups in total. The summed E-state index contributed by atoms with van der Waals surface area (Å²) in [7, 11) is 7.05. The van der Waals surface area contributed by atoms with Crippen LogP contribution in [0.5, 0.6) is 0 Å². The van der Waals surface area contributed by atoms with E-state index in [1.807, 2.05) is 20.8 Å². The molecule has 1 saturated carbocycles. The molecule has 0 aromatic carbocycles. The second kappa shape index (κ2) is 22.5. The van der Waals surface area contributed by atoms with Gasteiger partial charge >= 0.3 is 5.97 Å². The van der Waals surface area contributed by atoms with Gasteiger partial charge in [0.25, 0.3) is 11.7 Å². The van der Waals surface area contributed by atoms with E-state index in [9.17, 15) is 24.3 Å². The number of Topliss-reactive ketones (excluding diaryl/α,β-unsaturated/α-hetero) is 2.